The Hall–Kier alpha value is -4.70. The van der Waals surface area contributed by atoms with E-state index >= 15 is 0 Å². The summed E-state index contributed by atoms with van der Waals surface area (Å²) in [6.45, 7) is 6.72. The number of rotatable bonds is 8. The molecule has 1 saturated heterocycles. The Kier molecular flexibility index (Phi) is 6.92. The third-order valence-corrected chi connectivity index (χ3v) is 7.90. The van der Waals surface area contributed by atoms with E-state index in [-0.39, 0.29) is 11.3 Å². The van der Waals surface area contributed by atoms with Crippen LogP contribution in [-0.4, -0.2) is 44.4 Å². The highest BCUT2D eigenvalue weighted by Gasteiger charge is 2.48. The lowest BCUT2D eigenvalue weighted by Crippen LogP contribution is -2.29. The molecule has 1 atom stereocenters. The standard InChI is InChI=1S/C31H28N4O5S/c1-4-15-40-20-10-8-9-19(16-20)27-25(28(36)26-18(3)32-24-11-6-7-14-34(24)26)29(37)30(38)35(27)31-33-22-13-12-21(39-5-2)17-23(22)41-31/h6-14,16-17,27,36H,4-5,15H2,1-3H3. The Morgan fingerprint density at radius 2 is 1.83 bits per heavy atom. The summed E-state index contributed by atoms with van der Waals surface area (Å²) in [5.41, 5.74) is 2.75. The van der Waals surface area contributed by atoms with Crippen molar-refractivity contribution in [1.82, 2.24) is 14.4 Å². The number of benzene rings is 2. The quantitative estimate of drug-likeness (QED) is 0.138. The molecule has 4 heterocycles. The summed E-state index contributed by atoms with van der Waals surface area (Å²) >= 11 is 1.28. The molecule has 1 fully saturated rings. The molecule has 41 heavy (non-hydrogen) atoms. The van der Waals surface area contributed by atoms with Crippen molar-refractivity contribution in [2.45, 2.75) is 33.2 Å². The molecule has 0 radical (unpaired) electrons. The van der Waals surface area contributed by atoms with Gasteiger partial charge in [0, 0.05) is 6.20 Å². The molecular weight excluding hydrogens is 540 g/mol. The van der Waals surface area contributed by atoms with Crippen molar-refractivity contribution in [3.8, 4) is 11.5 Å². The first-order valence-corrected chi connectivity index (χ1v) is 14.2. The molecule has 1 N–H and O–H groups in total. The predicted molar refractivity (Wildman–Crippen MR) is 158 cm³/mol. The SMILES string of the molecule is CCCOc1cccc(C2C(=C(O)c3c(C)nc4ccccn34)C(=O)C(=O)N2c2nc3ccc(OCC)cc3s2)c1. The van der Waals surface area contributed by atoms with Gasteiger partial charge in [0.25, 0.3) is 5.78 Å². The molecule has 1 aliphatic rings. The summed E-state index contributed by atoms with van der Waals surface area (Å²) in [6.07, 6.45) is 2.59. The number of anilines is 1. The average Bonchev–Trinajstić information content (AvgIpc) is 3.62. The molecule has 208 valence electrons. The molecular formula is C31H28N4O5S. The Bertz CT molecular complexity index is 1840. The van der Waals surface area contributed by atoms with Gasteiger partial charge in [-0.25, -0.2) is 9.97 Å². The van der Waals surface area contributed by atoms with Crippen LogP contribution in [0, 0.1) is 6.92 Å². The van der Waals surface area contributed by atoms with Crippen LogP contribution in [0.1, 0.15) is 43.3 Å². The van der Waals surface area contributed by atoms with Crippen molar-refractivity contribution in [3.05, 3.63) is 89.4 Å². The van der Waals surface area contributed by atoms with Gasteiger partial charge in [0.15, 0.2) is 10.9 Å². The predicted octanol–water partition coefficient (Wildman–Crippen LogP) is 6.07. The fraction of sp³-hybridized carbons (Fsp3) is 0.226. The van der Waals surface area contributed by atoms with Crippen LogP contribution in [0.3, 0.4) is 0 Å². The number of carbonyl (C=O) groups is 2. The van der Waals surface area contributed by atoms with E-state index in [1.54, 1.807) is 23.6 Å². The maximum Gasteiger partial charge on any atom is 0.301 e. The lowest BCUT2D eigenvalue weighted by Gasteiger charge is -2.23. The van der Waals surface area contributed by atoms with Crippen LogP contribution < -0.4 is 14.4 Å². The number of aryl methyl sites for hydroxylation is 1. The summed E-state index contributed by atoms with van der Waals surface area (Å²) < 4.78 is 14.0. The number of ketones is 1. The Morgan fingerprint density at radius 3 is 2.63 bits per heavy atom. The molecule has 0 bridgehead atoms. The number of hydrogen-bond donors (Lipinski definition) is 1. The Morgan fingerprint density at radius 1 is 1.00 bits per heavy atom. The third kappa shape index (κ3) is 4.59. The summed E-state index contributed by atoms with van der Waals surface area (Å²) in [4.78, 5) is 38.1. The van der Waals surface area contributed by atoms with Crippen molar-refractivity contribution in [2.75, 3.05) is 18.1 Å². The number of Topliss-reactive ketones (excluding diaryl/α,β-unsaturated/α-hetero) is 1. The van der Waals surface area contributed by atoms with Gasteiger partial charge in [0.05, 0.1) is 40.7 Å². The van der Waals surface area contributed by atoms with Crippen LogP contribution in [-0.2, 0) is 9.59 Å². The van der Waals surface area contributed by atoms with Crippen LogP contribution in [0.4, 0.5) is 5.13 Å². The summed E-state index contributed by atoms with van der Waals surface area (Å²) in [7, 11) is 0. The molecule has 0 spiro atoms. The second kappa shape index (κ2) is 10.7. The minimum Gasteiger partial charge on any atom is -0.505 e. The number of nitrogens with zero attached hydrogens (tertiary/aromatic N) is 4. The van der Waals surface area contributed by atoms with Gasteiger partial charge in [-0.3, -0.25) is 18.9 Å². The maximum atomic E-state index is 13.8. The molecule has 9 nitrogen and oxygen atoms in total. The first-order chi connectivity index (χ1) is 19.9. The fourth-order valence-electron chi connectivity index (χ4n) is 5.12. The highest BCUT2D eigenvalue weighted by Crippen LogP contribution is 2.45. The van der Waals surface area contributed by atoms with Crippen LogP contribution >= 0.6 is 11.3 Å². The second-order valence-corrected chi connectivity index (χ2v) is 10.6. The Balaban J connectivity index is 1.56. The topological polar surface area (TPSA) is 106 Å². The molecule has 5 aromatic rings. The number of pyridine rings is 1. The summed E-state index contributed by atoms with van der Waals surface area (Å²) in [5.74, 6) is -0.574. The van der Waals surface area contributed by atoms with Gasteiger partial charge in [0.2, 0.25) is 0 Å². The normalized spacial score (nSPS) is 16.7. The number of aliphatic hydroxyl groups excluding tert-OH is 1. The lowest BCUT2D eigenvalue weighted by atomic mass is 9.96. The number of thiazole rings is 1. The minimum absolute atomic E-state index is 0.0364. The molecule has 1 unspecified atom stereocenters. The number of aromatic nitrogens is 3. The van der Waals surface area contributed by atoms with Crippen molar-refractivity contribution in [2.24, 2.45) is 0 Å². The molecule has 0 saturated carbocycles. The lowest BCUT2D eigenvalue weighted by molar-refractivity contribution is -0.132. The number of amides is 1. The van der Waals surface area contributed by atoms with Gasteiger partial charge in [0.1, 0.15) is 22.8 Å². The first kappa shape index (κ1) is 26.5. The van der Waals surface area contributed by atoms with Crippen molar-refractivity contribution >= 4 is 49.8 Å². The number of carbonyl (C=O) groups excluding carboxylic acids is 2. The molecule has 0 aliphatic carbocycles. The van der Waals surface area contributed by atoms with E-state index in [9.17, 15) is 14.7 Å². The highest BCUT2D eigenvalue weighted by molar-refractivity contribution is 7.22. The number of fused-ring (bicyclic) bond motifs is 2. The van der Waals surface area contributed by atoms with E-state index in [4.69, 9.17) is 14.5 Å². The van der Waals surface area contributed by atoms with Gasteiger partial charge in [-0.15, -0.1) is 0 Å². The van der Waals surface area contributed by atoms with E-state index in [0.29, 0.717) is 58.0 Å². The molecule has 6 rings (SSSR count). The van der Waals surface area contributed by atoms with Crippen LogP contribution in [0.25, 0.3) is 21.6 Å². The Labute approximate surface area is 240 Å². The zero-order chi connectivity index (χ0) is 28.7. The highest BCUT2D eigenvalue weighted by atomic mass is 32.1. The molecule has 1 aliphatic heterocycles. The zero-order valence-electron chi connectivity index (χ0n) is 22.8. The van der Waals surface area contributed by atoms with E-state index in [1.165, 1.54) is 16.2 Å². The molecule has 3 aromatic heterocycles. The van der Waals surface area contributed by atoms with Gasteiger partial charge in [-0.2, -0.15) is 0 Å². The summed E-state index contributed by atoms with van der Waals surface area (Å²) in [5, 5.41) is 12.1. The third-order valence-electron chi connectivity index (χ3n) is 6.89. The zero-order valence-corrected chi connectivity index (χ0v) is 23.6. The molecule has 1 amide bonds. The van der Waals surface area contributed by atoms with Crippen LogP contribution in [0.5, 0.6) is 11.5 Å². The minimum atomic E-state index is -0.944. The molecule has 10 heteroatoms. The van der Waals surface area contributed by atoms with Gasteiger partial charge in [-0.05, 0) is 68.3 Å². The number of ether oxygens (including phenoxy) is 2. The smallest absolute Gasteiger partial charge is 0.301 e. The number of aliphatic hydroxyl groups is 1. The van der Waals surface area contributed by atoms with E-state index in [2.05, 4.69) is 4.98 Å². The van der Waals surface area contributed by atoms with Crippen molar-refractivity contribution in [1.29, 1.82) is 0 Å². The van der Waals surface area contributed by atoms with E-state index < -0.39 is 17.7 Å². The van der Waals surface area contributed by atoms with Crippen LogP contribution in [0.15, 0.2) is 72.4 Å². The monoisotopic (exact) mass is 568 g/mol. The largest absolute Gasteiger partial charge is 0.505 e. The van der Waals surface area contributed by atoms with Crippen molar-refractivity contribution < 1.29 is 24.2 Å². The van der Waals surface area contributed by atoms with Gasteiger partial charge >= 0.3 is 5.91 Å². The van der Waals surface area contributed by atoms with Gasteiger partial charge < -0.3 is 14.6 Å². The second-order valence-electron chi connectivity index (χ2n) is 9.62. The number of imidazole rings is 1. The van der Waals surface area contributed by atoms with Crippen molar-refractivity contribution in [3.63, 3.8) is 0 Å². The van der Waals surface area contributed by atoms with Gasteiger partial charge in [-0.1, -0.05) is 36.5 Å². The maximum absolute atomic E-state index is 13.8. The van der Waals surface area contributed by atoms with E-state index in [0.717, 1.165) is 11.1 Å². The first-order valence-electron chi connectivity index (χ1n) is 13.4. The molecule has 2 aromatic carbocycles. The number of hydrogen-bond acceptors (Lipinski definition) is 8. The fourth-order valence-corrected chi connectivity index (χ4v) is 6.14. The average molecular weight is 569 g/mol. The van der Waals surface area contributed by atoms with E-state index in [1.807, 2.05) is 68.4 Å². The summed E-state index contributed by atoms with van der Waals surface area (Å²) in [6, 6.07) is 17.3. The van der Waals surface area contributed by atoms with Crippen LogP contribution in [0.2, 0.25) is 0 Å².